The van der Waals surface area contributed by atoms with Gasteiger partial charge in [0.25, 0.3) is 5.60 Å². The van der Waals surface area contributed by atoms with Crippen LogP contribution in [0.4, 0.5) is 26.3 Å². The van der Waals surface area contributed by atoms with E-state index in [1.54, 1.807) is 13.0 Å². The standard InChI is InChI=1S/C23H23F6NO4/c1-3-4-16-11-18(21(22(24,25)26,23(27,28)29)33-14-32-2)6-8-20(16)34-19-7-5-15(9-10-31)17(12-19)13-30/h5-8,11-12,31H,3-4,9-10,14H2,1-2H3. The molecule has 0 bridgehead atoms. The predicted molar refractivity (Wildman–Crippen MR) is 109 cm³/mol. The largest absolute Gasteiger partial charge is 0.457 e. The molecule has 0 aliphatic carbocycles. The zero-order chi connectivity index (χ0) is 25.6. The molecule has 2 aromatic rings. The fraction of sp³-hybridized carbons (Fsp3) is 0.435. The van der Waals surface area contributed by atoms with Crippen LogP contribution >= 0.6 is 0 Å². The van der Waals surface area contributed by atoms with Crippen molar-refractivity contribution in [2.45, 2.75) is 44.1 Å². The van der Waals surface area contributed by atoms with E-state index in [-0.39, 0.29) is 42.1 Å². The van der Waals surface area contributed by atoms with Crippen molar-refractivity contribution in [3.05, 3.63) is 58.7 Å². The molecule has 2 aromatic carbocycles. The van der Waals surface area contributed by atoms with Crippen LogP contribution in [0.5, 0.6) is 11.5 Å². The molecule has 0 aliphatic rings. The minimum atomic E-state index is -5.83. The highest BCUT2D eigenvalue weighted by atomic mass is 19.4. The smallest absolute Gasteiger partial charge is 0.430 e. The van der Waals surface area contributed by atoms with Crippen molar-refractivity contribution in [1.82, 2.24) is 0 Å². The number of benzene rings is 2. The lowest BCUT2D eigenvalue weighted by Gasteiger charge is -2.37. The van der Waals surface area contributed by atoms with Crippen LogP contribution in [0.1, 0.15) is 35.6 Å². The average molecular weight is 491 g/mol. The summed E-state index contributed by atoms with van der Waals surface area (Å²) < 4.78 is 97.4. The quantitative estimate of drug-likeness (QED) is 0.337. The van der Waals surface area contributed by atoms with E-state index in [9.17, 15) is 31.6 Å². The summed E-state index contributed by atoms with van der Waals surface area (Å²) in [7, 11) is 0.915. The Bertz CT molecular complexity index is 1000. The normalized spacial score (nSPS) is 12.5. The Morgan fingerprint density at radius 1 is 0.941 bits per heavy atom. The molecule has 11 heteroatoms. The Morgan fingerprint density at radius 2 is 1.62 bits per heavy atom. The van der Waals surface area contributed by atoms with Gasteiger partial charge in [-0.2, -0.15) is 31.6 Å². The Hall–Kier alpha value is -2.81. The first-order valence-corrected chi connectivity index (χ1v) is 10.2. The van der Waals surface area contributed by atoms with Crippen molar-refractivity contribution in [2.75, 3.05) is 20.5 Å². The minimum Gasteiger partial charge on any atom is -0.457 e. The van der Waals surface area contributed by atoms with Crippen molar-refractivity contribution in [3.8, 4) is 17.6 Å². The van der Waals surface area contributed by atoms with Crippen LogP contribution in [-0.2, 0) is 27.9 Å². The Kier molecular flexibility index (Phi) is 8.94. The van der Waals surface area contributed by atoms with E-state index in [4.69, 9.17) is 9.84 Å². The molecule has 34 heavy (non-hydrogen) atoms. The number of aliphatic hydroxyl groups is 1. The first-order chi connectivity index (χ1) is 15.9. The van der Waals surface area contributed by atoms with Crippen LogP contribution in [0.25, 0.3) is 0 Å². The van der Waals surface area contributed by atoms with Gasteiger partial charge in [-0.05, 0) is 48.2 Å². The van der Waals surface area contributed by atoms with Crippen molar-refractivity contribution < 1.29 is 45.7 Å². The van der Waals surface area contributed by atoms with Gasteiger partial charge in [0, 0.05) is 19.3 Å². The summed E-state index contributed by atoms with van der Waals surface area (Å²) in [4.78, 5) is 0. The fourth-order valence-electron chi connectivity index (χ4n) is 3.43. The number of alkyl halides is 6. The number of rotatable bonds is 10. The highest BCUT2D eigenvalue weighted by molar-refractivity contribution is 5.47. The molecule has 0 fully saturated rings. The zero-order valence-electron chi connectivity index (χ0n) is 18.4. The second-order valence-electron chi connectivity index (χ2n) is 7.31. The summed E-state index contributed by atoms with van der Waals surface area (Å²) in [6, 6.07) is 8.81. The number of halogens is 6. The van der Waals surface area contributed by atoms with Crippen LogP contribution < -0.4 is 4.74 Å². The van der Waals surface area contributed by atoms with Crippen molar-refractivity contribution in [2.24, 2.45) is 0 Å². The Morgan fingerprint density at radius 3 is 2.15 bits per heavy atom. The molecule has 0 aromatic heterocycles. The van der Waals surface area contributed by atoms with Gasteiger partial charge in [0.1, 0.15) is 18.3 Å². The predicted octanol–water partition coefficient (Wildman–Crippen LogP) is 5.78. The number of aliphatic hydroxyl groups excluding tert-OH is 1. The number of hydrogen-bond donors (Lipinski definition) is 1. The summed E-state index contributed by atoms with van der Waals surface area (Å²) in [5, 5.41) is 18.4. The molecule has 1 N–H and O–H groups in total. The van der Waals surface area contributed by atoms with Gasteiger partial charge in [-0.1, -0.05) is 25.5 Å². The first-order valence-electron chi connectivity index (χ1n) is 10.2. The lowest BCUT2D eigenvalue weighted by atomic mass is 9.89. The number of aryl methyl sites for hydroxylation is 1. The highest BCUT2D eigenvalue weighted by Gasteiger charge is 2.73. The van der Waals surface area contributed by atoms with E-state index in [1.807, 2.05) is 6.07 Å². The first kappa shape index (κ1) is 27.4. The third-order valence-corrected chi connectivity index (χ3v) is 4.99. The third kappa shape index (κ3) is 5.63. The van der Waals surface area contributed by atoms with E-state index in [2.05, 4.69) is 9.47 Å². The molecule has 0 atom stereocenters. The molecule has 0 amide bonds. The monoisotopic (exact) mass is 491 g/mol. The molecular formula is C23H23F6NO4. The van der Waals surface area contributed by atoms with Crippen molar-refractivity contribution in [1.29, 1.82) is 5.26 Å². The third-order valence-electron chi connectivity index (χ3n) is 4.99. The summed E-state index contributed by atoms with van der Waals surface area (Å²) >= 11 is 0. The molecule has 0 spiro atoms. The maximum absolute atomic E-state index is 13.8. The Balaban J connectivity index is 2.59. The maximum atomic E-state index is 13.8. The minimum absolute atomic E-state index is 0.0365. The molecule has 5 nitrogen and oxygen atoms in total. The van der Waals surface area contributed by atoms with Gasteiger partial charge < -0.3 is 19.3 Å². The van der Waals surface area contributed by atoms with Crippen LogP contribution in [0, 0.1) is 11.3 Å². The van der Waals surface area contributed by atoms with Gasteiger partial charge in [-0.3, -0.25) is 0 Å². The molecular weight excluding hydrogens is 468 g/mol. The van der Waals surface area contributed by atoms with E-state index in [0.717, 1.165) is 19.2 Å². The fourth-order valence-corrected chi connectivity index (χ4v) is 3.43. The summed E-state index contributed by atoms with van der Waals surface area (Å²) in [5.74, 6) is 0.200. The number of hydrogen-bond acceptors (Lipinski definition) is 5. The lowest BCUT2D eigenvalue weighted by molar-refractivity contribution is -0.400. The number of ether oxygens (including phenoxy) is 3. The lowest BCUT2D eigenvalue weighted by Crippen LogP contribution is -2.56. The SMILES string of the molecule is CCCc1cc(C(OCOC)(C(F)(F)F)C(F)(F)F)ccc1Oc1ccc(CCO)c(C#N)c1. The second kappa shape index (κ2) is 11.1. The van der Waals surface area contributed by atoms with Gasteiger partial charge in [-0.25, -0.2) is 0 Å². The van der Waals surface area contributed by atoms with Crippen LogP contribution in [0.15, 0.2) is 36.4 Å². The van der Waals surface area contributed by atoms with Crippen molar-refractivity contribution in [3.63, 3.8) is 0 Å². The second-order valence-corrected chi connectivity index (χ2v) is 7.31. The van der Waals surface area contributed by atoms with E-state index >= 15 is 0 Å². The Labute approximate surface area is 192 Å². The number of nitriles is 1. The molecule has 2 rings (SSSR count). The van der Waals surface area contributed by atoms with Crippen LogP contribution in [0.2, 0.25) is 0 Å². The molecule has 186 valence electrons. The van der Waals surface area contributed by atoms with Gasteiger partial charge in [-0.15, -0.1) is 0 Å². The van der Waals surface area contributed by atoms with Crippen LogP contribution in [-0.4, -0.2) is 38.0 Å². The summed E-state index contributed by atoms with van der Waals surface area (Å²) in [6.07, 6.45) is -10.9. The van der Waals surface area contributed by atoms with Gasteiger partial charge >= 0.3 is 12.4 Å². The number of methoxy groups -OCH3 is 1. The molecule has 0 saturated heterocycles. The van der Waals surface area contributed by atoms with Gasteiger partial charge in [0.2, 0.25) is 0 Å². The van der Waals surface area contributed by atoms with E-state index in [0.29, 0.717) is 18.1 Å². The molecule has 0 saturated carbocycles. The van der Waals surface area contributed by atoms with Gasteiger partial charge in [0.05, 0.1) is 11.6 Å². The average Bonchev–Trinajstić information content (AvgIpc) is 2.75. The summed E-state index contributed by atoms with van der Waals surface area (Å²) in [6.45, 7) is 0.288. The van der Waals surface area contributed by atoms with Crippen LogP contribution in [0.3, 0.4) is 0 Å². The zero-order valence-corrected chi connectivity index (χ0v) is 18.4. The van der Waals surface area contributed by atoms with E-state index in [1.165, 1.54) is 12.1 Å². The molecule has 0 radical (unpaired) electrons. The van der Waals surface area contributed by atoms with Gasteiger partial charge in [0.15, 0.2) is 0 Å². The molecule has 0 aliphatic heterocycles. The topological polar surface area (TPSA) is 71.7 Å². The van der Waals surface area contributed by atoms with Crippen molar-refractivity contribution >= 4 is 0 Å². The summed E-state index contributed by atoms with van der Waals surface area (Å²) in [5.41, 5.74) is -4.87. The van der Waals surface area contributed by atoms with E-state index < -0.39 is 30.3 Å². The maximum Gasteiger partial charge on any atom is 0.430 e. The highest BCUT2D eigenvalue weighted by Crippen LogP contribution is 2.53. The molecule has 0 heterocycles. The number of nitrogens with zero attached hydrogens (tertiary/aromatic N) is 1. The molecule has 0 unspecified atom stereocenters.